The van der Waals surface area contributed by atoms with Crippen molar-refractivity contribution in [3.8, 4) is 0 Å². The van der Waals surface area contributed by atoms with Crippen LogP contribution in [0, 0.1) is 0 Å². The lowest BCUT2D eigenvalue weighted by molar-refractivity contribution is -0.687. The number of aromatic nitrogens is 2. The van der Waals surface area contributed by atoms with Gasteiger partial charge in [-0.1, -0.05) is 58.9 Å². The van der Waals surface area contributed by atoms with Gasteiger partial charge in [0.15, 0.2) is 0 Å². The number of rotatable bonds is 48. The second-order valence-electron chi connectivity index (χ2n) is 31.7. The molecule has 3 rings (SSSR count). The Bertz CT molecular complexity index is 4260. The van der Waals surface area contributed by atoms with Crippen molar-refractivity contribution in [2.45, 2.75) is 303 Å². The molecular formula is C65H39F78N2Si2+. The van der Waals surface area contributed by atoms with Crippen LogP contribution in [0.2, 0.25) is 36.3 Å². The van der Waals surface area contributed by atoms with E-state index in [1.807, 2.05) is 0 Å². The molecule has 0 aliphatic carbocycles. The topological polar surface area (TPSA) is 8.81 Å². The highest BCUT2D eigenvalue weighted by atomic mass is 28.3. The number of hydrogen-bond donors (Lipinski definition) is 0. The molecule has 0 atom stereocenters. The van der Waals surface area contributed by atoms with Gasteiger partial charge in [0.1, 0.15) is 25.5 Å². The van der Waals surface area contributed by atoms with Crippen molar-refractivity contribution < 1.29 is 347 Å². The minimum absolute atomic E-state index is 0.161. The summed E-state index contributed by atoms with van der Waals surface area (Å²) in [5.74, 6) is -267. The first-order valence-corrected chi connectivity index (χ1v) is 41.6. The van der Waals surface area contributed by atoms with Crippen molar-refractivity contribution in [1.82, 2.24) is 4.57 Å². The zero-order valence-corrected chi connectivity index (χ0v) is 69.6. The monoisotopic (exact) mass is 2390 g/mol. The molecule has 0 radical (unpaired) electrons. The molecule has 2 aromatic carbocycles. The van der Waals surface area contributed by atoms with Gasteiger partial charge < -0.3 is 0 Å². The molecule has 0 aliphatic heterocycles. The van der Waals surface area contributed by atoms with Crippen LogP contribution >= 0.6 is 0 Å². The van der Waals surface area contributed by atoms with E-state index in [0.717, 1.165) is 0 Å². The zero-order chi connectivity index (χ0) is 118. The summed E-state index contributed by atoms with van der Waals surface area (Å²) in [6.45, 7) is -3.18. The highest BCUT2D eigenvalue weighted by molar-refractivity contribution is 6.92. The molecular weight excluding hydrogens is 2350 g/mol. The van der Waals surface area contributed by atoms with Crippen LogP contribution in [0.5, 0.6) is 0 Å². The molecule has 1 heterocycles. The summed E-state index contributed by atoms with van der Waals surface area (Å²) in [7, 11) is -15.6. The summed E-state index contributed by atoms with van der Waals surface area (Å²) in [6, 6.07) is -26.6. The third-order valence-corrected chi connectivity index (χ3v) is 32.5. The molecule has 0 saturated carbocycles. The Kier molecular flexibility index (Phi) is 34.4. The first-order valence-electron chi connectivity index (χ1n) is 36.3. The number of alkyl halides is 78. The van der Waals surface area contributed by atoms with Crippen molar-refractivity contribution in [2.75, 3.05) is 0 Å². The molecule has 82 heteroatoms. The van der Waals surface area contributed by atoms with Crippen LogP contribution in [-0.2, 0) is 13.1 Å². The van der Waals surface area contributed by atoms with Crippen molar-refractivity contribution in [3.05, 3.63) is 78.4 Å². The number of benzene rings is 2. The smallest absolute Gasteiger partial charge is 0.233 e. The summed E-state index contributed by atoms with van der Waals surface area (Å²) < 4.78 is 1120. The number of imidazole rings is 1. The molecule has 0 bridgehead atoms. The van der Waals surface area contributed by atoms with E-state index >= 15 is 105 Å². The maximum Gasteiger partial charge on any atom is 0.460 e. The lowest BCUT2D eigenvalue weighted by Crippen LogP contribution is -2.70. The molecule has 147 heavy (non-hydrogen) atoms. The quantitative estimate of drug-likeness (QED) is 0.0303. The van der Waals surface area contributed by atoms with Gasteiger partial charge in [0.2, 0.25) is 6.33 Å². The van der Waals surface area contributed by atoms with E-state index in [1.54, 1.807) is 0 Å². The van der Waals surface area contributed by atoms with E-state index in [9.17, 15) is 237 Å². The fraction of sp³-hybridized carbons (Fsp3) is 0.769. The summed E-state index contributed by atoms with van der Waals surface area (Å²) in [5, 5.41) is -4.85. The van der Waals surface area contributed by atoms with Gasteiger partial charge >= 0.3 is 215 Å². The molecule has 1 aromatic heterocycles. The number of halogens is 78. The van der Waals surface area contributed by atoms with Gasteiger partial charge in [-0.05, 0) is 47.4 Å². The maximum atomic E-state index is 15.7. The van der Waals surface area contributed by atoms with Crippen LogP contribution in [0.15, 0.2) is 67.3 Å². The molecule has 0 N–H and O–H groups in total. The third-order valence-electron chi connectivity index (χ3n) is 22.1. The minimum atomic E-state index is -9.28. The van der Waals surface area contributed by atoms with Gasteiger partial charge in [-0.2, -0.15) is 342 Å². The molecule has 2 nitrogen and oxygen atoms in total. The molecule has 0 saturated heterocycles. The van der Waals surface area contributed by atoms with Gasteiger partial charge in [0, 0.05) is 38.5 Å². The first-order chi connectivity index (χ1) is 63.4. The molecule has 0 spiro atoms. The number of hydrogen-bond acceptors (Lipinski definition) is 0. The van der Waals surface area contributed by atoms with Crippen LogP contribution in [0.3, 0.4) is 0 Å². The summed E-state index contributed by atoms with van der Waals surface area (Å²) in [4.78, 5) is 0. The maximum absolute atomic E-state index is 15.7. The van der Waals surface area contributed by atoms with Crippen molar-refractivity contribution >= 4 is 26.5 Å². The Morgan fingerprint density at radius 3 is 0.449 bits per heavy atom. The van der Waals surface area contributed by atoms with Crippen molar-refractivity contribution in [1.29, 1.82) is 0 Å². The highest BCUT2D eigenvalue weighted by Crippen LogP contribution is 2.71. The van der Waals surface area contributed by atoms with Gasteiger partial charge in [0.05, 0.1) is 16.1 Å². The Hall–Kier alpha value is -7.38. The van der Waals surface area contributed by atoms with Gasteiger partial charge in [0.25, 0.3) is 0 Å². The van der Waals surface area contributed by atoms with E-state index in [2.05, 4.69) is 0 Å². The van der Waals surface area contributed by atoms with Crippen molar-refractivity contribution in [2.24, 2.45) is 0 Å². The van der Waals surface area contributed by atoms with E-state index in [-0.39, 0.29) is 52.1 Å². The van der Waals surface area contributed by atoms with E-state index in [0.29, 0.717) is 0 Å². The Morgan fingerprint density at radius 2 is 0.306 bits per heavy atom. The lowest BCUT2D eigenvalue weighted by Gasteiger charge is -2.43. The molecule has 0 amide bonds. The SMILES string of the molecule is FC(F)(F)C(F)(F)C(F)(F)C(F)(F)C(F)(F)C(F)(F)CC[Si](CCC(F)(F)C(F)(F)C(F)(F)C(F)(F)C(F)(F)C(F)(F)F)(CCC(F)(F)C(F)(F)C(F)(F)C(F)(F)C(F)(F)C(F)(F)F)c1ccc(Cn2cc[n+](Cc3ccc([Si](CCC(F)(F)C(F)(F)C(F)(F)C(F)(F)C(F)(F)C(F)(F)F)(CCC(F)(F)C(F)(F)C(F)(F)C(F)(F)C(F)(F)C(F)(F)F)CCC(F)(F)C(F)(F)C(F)(F)C(F)(F)C(F)(F)C(F)(F)F)cc3)c2)cc1. The average Bonchev–Trinajstić information content (AvgIpc) is 1.11. The fourth-order valence-electron chi connectivity index (χ4n) is 12.7. The minimum Gasteiger partial charge on any atom is -0.233 e. The van der Waals surface area contributed by atoms with E-state index in [1.165, 1.54) is 0 Å². The normalized spacial score (nSPS) is 16.5. The van der Waals surface area contributed by atoms with E-state index in [4.69, 9.17) is 0 Å². The molecule has 862 valence electrons. The van der Waals surface area contributed by atoms with Crippen LogP contribution in [-0.4, -0.2) is 235 Å². The molecule has 0 unspecified atom stereocenters. The first kappa shape index (κ1) is 134. The van der Waals surface area contributed by atoms with Crippen LogP contribution in [0.25, 0.3) is 0 Å². The molecule has 3 aromatic rings. The third kappa shape index (κ3) is 20.7. The number of nitrogens with zero attached hydrogens (tertiary/aromatic N) is 2. The van der Waals surface area contributed by atoms with Crippen LogP contribution in [0.1, 0.15) is 49.7 Å². The van der Waals surface area contributed by atoms with Gasteiger partial charge in [-0.15, -0.1) is 0 Å². The molecule has 0 aliphatic rings. The second kappa shape index (κ2) is 37.8. The largest absolute Gasteiger partial charge is 0.460 e. The fourth-order valence-corrected chi connectivity index (χ4v) is 22.5. The van der Waals surface area contributed by atoms with Gasteiger partial charge in [-0.3, -0.25) is 0 Å². The lowest BCUT2D eigenvalue weighted by atomic mass is 9.93. The van der Waals surface area contributed by atoms with Crippen LogP contribution in [0.4, 0.5) is 342 Å². The standard InChI is InChI=1S/C65H39F78N2Si2/c66-30(67,36(78,79)42(90,91)48(102,103)54(114,115)60(126,127)128)9-17-146(18-10-31(68,69)37(80,81)43(92,93)49(104,105)55(116,117)61(129,130)131,19-11-32(70,71)38(82,83)44(94,95)50(106,107)56(118,119)62(132,133)134)28-5-1-26(2-6-28)23-144-15-16-145(25-144)24-27-3-7-29(8-4-27)147(20-12-33(72,73)39(84,85)45(96,97)51(108,109)57(120,121)63(135,136)137,21-13-34(74,75)40(86,87)46(98,99)52(110,111)58(122,123)64(138,139)140)22-14-35(76,77)41(88,89)47(100,101)53(112,113)59(124,125)65(141,142)143/h1-8,15-16,25H,9-14,17-24H2/q+1. The van der Waals surface area contributed by atoms with Crippen molar-refractivity contribution in [3.63, 3.8) is 0 Å². The van der Waals surface area contributed by atoms with Crippen LogP contribution < -0.4 is 14.9 Å². The molecule has 0 fully saturated rings. The summed E-state index contributed by atoms with van der Waals surface area (Å²) >= 11 is 0. The van der Waals surface area contributed by atoms with Gasteiger partial charge in [-0.25, -0.2) is 9.13 Å². The zero-order valence-electron chi connectivity index (χ0n) is 67.6. The summed E-state index contributed by atoms with van der Waals surface area (Å²) in [5.41, 5.74) is -2.46. The average molecular weight is 2390 g/mol. The Balaban J connectivity index is 2.74. The highest BCUT2D eigenvalue weighted by Gasteiger charge is 2.98. The predicted molar refractivity (Wildman–Crippen MR) is 328 cm³/mol. The summed E-state index contributed by atoms with van der Waals surface area (Å²) in [6.07, 6.45) is -77.2. The Morgan fingerprint density at radius 1 is 0.170 bits per heavy atom. The van der Waals surface area contributed by atoms with E-state index < -0.39 is 365 Å². The predicted octanol–water partition coefficient (Wildman–Crippen LogP) is 31.0. The second-order valence-corrected chi connectivity index (χ2v) is 41.0. The Labute approximate surface area is 758 Å².